The van der Waals surface area contributed by atoms with E-state index in [1.54, 1.807) is 0 Å². The number of halogens is 4. The second-order valence-corrected chi connectivity index (χ2v) is 3.00. The molecule has 13 heavy (non-hydrogen) atoms. The van der Waals surface area contributed by atoms with Crippen LogP contribution in [0.25, 0.3) is 0 Å². The smallest absolute Gasteiger partial charge is 0.445 e. The predicted molar refractivity (Wildman–Crippen MR) is 46.1 cm³/mol. The van der Waals surface area contributed by atoms with E-state index in [2.05, 4.69) is 0 Å². The quantitative estimate of drug-likeness (QED) is 0.738. The maximum Gasteiger partial charge on any atom is 0.511 e. The van der Waals surface area contributed by atoms with Crippen molar-refractivity contribution in [2.24, 2.45) is 0 Å². The zero-order valence-corrected chi connectivity index (χ0v) is 7.23. The minimum absolute atomic E-state index is 0.207. The monoisotopic (exact) mass is 209 g/mol. The Morgan fingerprint density at radius 2 is 1.92 bits per heavy atom. The molecule has 0 aromatic heterocycles. The highest BCUT2D eigenvalue weighted by molar-refractivity contribution is 6.75. The van der Waals surface area contributed by atoms with Crippen molar-refractivity contribution >= 4 is 24.0 Å². The molecule has 0 aliphatic carbocycles. The second-order valence-electron chi connectivity index (χ2n) is 2.59. The summed E-state index contributed by atoms with van der Waals surface area (Å²) in [6, 6.07) is 3.35. The van der Waals surface area contributed by atoms with Gasteiger partial charge in [0.15, 0.2) is 0 Å². The number of aliphatic hydroxyl groups excluding tert-OH is 1. The van der Waals surface area contributed by atoms with Crippen LogP contribution in [0.1, 0.15) is 5.56 Å². The summed E-state index contributed by atoms with van der Waals surface area (Å²) in [6.07, 6.45) is 0. The normalized spacial score (nSPS) is 11.8. The number of benzene rings is 1. The summed E-state index contributed by atoms with van der Waals surface area (Å²) in [5.74, 6) is 0. The van der Waals surface area contributed by atoms with Crippen LogP contribution in [0, 0.1) is 0 Å². The van der Waals surface area contributed by atoms with E-state index < -0.39 is 19.0 Å². The molecule has 72 valence electrons. The molecule has 1 N–H and O–H groups in total. The molecular formula is C7H6BClF3O-. The van der Waals surface area contributed by atoms with Gasteiger partial charge in [0.1, 0.15) is 0 Å². The van der Waals surface area contributed by atoms with E-state index in [1.165, 1.54) is 6.07 Å². The first-order valence-electron chi connectivity index (χ1n) is 3.54. The number of hydrogen-bond donors (Lipinski definition) is 1. The van der Waals surface area contributed by atoms with Crippen LogP contribution in [0.2, 0.25) is 5.02 Å². The SMILES string of the molecule is OCc1ccc(Cl)c([B-](F)(F)F)c1. The topological polar surface area (TPSA) is 20.2 Å². The summed E-state index contributed by atoms with van der Waals surface area (Å²) in [5.41, 5.74) is -0.646. The maximum atomic E-state index is 12.3. The zero-order valence-electron chi connectivity index (χ0n) is 6.48. The molecule has 0 amide bonds. The van der Waals surface area contributed by atoms with Crippen molar-refractivity contribution in [3.63, 3.8) is 0 Å². The third-order valence-corrected chi connectivity index (χ3v) is 1.94. The molecule has 0 heterocycles. The molecule has 0 aliphatic heterocycles. The van der Waals surface area contributed by atoms with Gasteiger partial charge in [-0.3, -0.25) is 0 Å². The Labute approximate surface area is 78.2 Å². The van der Waals surface area contributed by atoms with E-state index >= 15 is 0 Å². The minimum Gasteiger partial charge on any atom is -0.445 e. The fourth-order valence-corrected chi connectivity index (χ4v) is 1.18. The lowest BCUT2D eigenvalue weighted by molar-refractivity contribution is 0.282. The van der Waals surface area contributed by atoms with Gasteiger partial charge in [-0.25, -0.2) is 0 Å². The average Bonchev–Trinajstić information content (AvgIpc) is 2.03. The van der Waals surface area contributed by atoms with E-state index in [4.69, 9.17) is 16.7 Å². The van der Waals surface area contributed by atoms with Crippen LogP contribution in [0.4, 0.5) is 12.9 Å². The van der Waals surface area contributed by atoms with Crippen molar-refractivity contribution in [1.29, 1.82) is 0 Å². The van der Waals surface area contributed by atoms with Crippen LogP contribution in [-0.2, 0) is 6.61 Å². The molecule has 6 heteroatoms. The van der Waals surface area contributed by atoms with Crippen molar-refractivity contribution in [2.45, 2.75) is 6.61 Å². The molecule has 0 aliphatic rings. The highest BCUT2D eigenvalue weighted by Gasteiger charge is 2.28. The minimum atomic E-state index is -5.10. The molecule has 0 radical (unpaired) electrons. The lowest BCUT2D eigenvalue weighted by Gasteiger charge is -2.17. The van der Waals surface area contributed by atoms with Crippen LogP contribution in [-0.4, -0.2) is 12.1 Å². The maximum absolute atomic E-state index is 12.3. The second kappa shape index (κ2) is 3.60. The fourth-order valence-electron chi connectivity index (χ4n) is 0.942. The van der Waals surface area contributed by atoms with Gasteiger partial charge in [-0.05, 0) is 11.6 Å². The third kappa shape index (κ3) is 2.38. The molecule has 0 saturated heterocycles. The van der Waals surface area contributed by atoms with Gasteiger partial charge in [0.05, 0.1) is 6.61 Å². The van der Waals surface area contributed by atoms with Crippen molar-refractivity contribution in [1.82, 2.24) is 0 Å². The summed E-state index contributed by atoms with van der Waals surface area (Å²) in [5, 5.41) is 8.29. The van der Waals surface area contributed by atoms with E-state index in [0.29, 0.717) is 0 Å². The van der Waals surface area contributed by atoms with Crippen molar-refractivity contribution in [2.75, 3.05) is 0 Å². The van der Waals surface area contributed by atoms with Gasteiger partial charge in [-0.2, -0.15) is 0 Å². The standard InChI is InChI=1S/C7H6BClF3O/c9-7-2-1-5(4-13)3-6(7)8(10,11)12/h1-3,13H,4H2/q-1. The van der Waals surface area contributed by atoms with Crippen molar-refractivity contribution in [3.05, 3.63) is 28.8 Å². The highest BCUT2D eigenvalue weighted by atomic mass is 35.5. The van der Waals surface area contributed by atoms with Gasteiger partial charge in [0.2, 0.25) is 0 Å². The number of rotatable bonds is 2. The van der Waals surface area contributed by atoms with Gasteiger partial charge < -0.3 is 18.1 Å². The first kappa shape index (κ1) is 10.4. The molecule has 0 fully saturated rings. The van der Waals surface area contributed by atoms with E-state index in [-0.39, 0.29) is 10.6 Å². The molecule has 0 unspecified atom stereocenters. The average molecular weight is 209 g/mol. The highest BCUT2D eigenvalue weighted by Crippen LogP contribution is 2.17. The van der Waals surface area contributed by atoms with Crippen LogP contribution < -0.4 is 5.46 Å². The Morgan fingerprint density at radius 3 is 2.38 bits per heavy atom. The van der Waals surface area contributed by atoms with E-state index in [0.717, 1.165) is 12.1 Å². The predicted octanol–water partition coefficient (Wildman–Crippen LogP) is 1.89. The number of aliphatic hydroxyl groups is 1. The molecule has 1 aromatic rings. The summed E-state index contributed by atoms with van der Waals surface area (Å²) in [7, 11) is 0. The van der Waals surface area contributed by atoms with Crippen LogP contribution in [0.5, 0.6) is 0 Å². The zero-order chi connectivity index (χ0) is 10.1. The lowest BCUT2D eigenvalue weighted by Crippen LogP contribution is -2.35. The molecule has 1 nitrogen and oxygen atoms in total. The van der Waals surface area contributed by atoms with Crippen LogP contribution in [0.15, 0.2) is 18.2 Å². The van der Waals surface area contributed by atoms with Gasteiger partial charge in [0, 0.05) is 5.02 Å². The third-order valence-electron chi connectivity index (χ3n) is 1.60. The molecule has 1 rings (SSSR count). The molecular weight excluding hydrogens is 203 g/mol. The molecule has 0 atom stereocenters. The van der Waals surface area contributed by atoms with E-state index in [9.17, 15) is 12.9 Å². The van der Waals surface area contributed by atoms with Gasteiger partial charge in [0.25, 0.3) is 0 Å². The van der Waals surface area contributed by atoms with E-state index in [1.807, 2.05) is 0 Å². The van der Waals surface area contributed by atoms with Gasteiger partial charge in [-0.15, -0.1) is 0 Å². The van der Waals surface area contributed by atoms with Gasteiger partial charge in [-0.1, -0.05) is 29.2 Å². The largest absolute Gasteiger partial charge is 0.511 e. The molecule has 0 bridgehead atoms. The molecule has 1 aromatic carbocycles. The molecule has 0 spiro atoms. The van der Waals surface area contributed by atoms with Crippen LogP contribution >= 0.6 is 11.6 Å². The first-order chi connectivity index (χ1) is 5.95. The Kier molecular flexibility index (Phi) is 2.88. The summed E-state index contributed by atoms with van der Waals surface area (Å²) >= 11 is 5.35. The first-order valence-corrected chi connectivity index (χ1v) is 3.92. The Balaban J connectivity index is 3.19. The van der Waals surface area contributed by atoms with Crippen LogP contribution in [0.3, 0.4) is 0 Å². The Hall–Kier alpha value is -0.675. The van der Waals surface area contributed by atoms with Crippen molar-refractivity contribution in [3.8, 4) is 0 Å². The summed E-state index contributed by atoms with van der Waals surface area (Å²) < 4.78 is 36.8. The summed E-state index contributed by atoms with van der Waals surface area (Å²) in [4.78, 5) is 0. The lowest BCUT2D eigenvalue weighted by atomic mass is 9.79. The molecule has 0 saturated carbocycles. The Morgan fingerprint density at radius 1 is 1.31 bits per heavy atom. The fraction of sp³-hybridized carbons (Fsp3) is 0.143. The van der Waals surface area contributed by atoms with Gasteiger partial charge >= 0.3 is 6.98 Å². The Bertz CT molecular complexity index is 313. The summed E-state index contributed by atoms with van der Waals surface area (Å²) in [6.45, 7) is -5.52. The van der Waals surface area contributed by atoms with Crippen molar-refractivity contribution < 1.29 is 18.1 Å². The number of hydrogen-bond acceptors (Lipinski definition) is 1.